The lowest BCUT2D eigenvalue weighted by Gasteiger charge is -2.19. The number of rotatable bonds is 6. The highest BCUT2D eigenvalue weighted by Gasteiger charge is 2.24. The van der Waals surface area contributed by atoms with Gasteiger partial charge in [-0.1, -0.05) is 26.0 Å². The molecule has 0 heterocycles. The van der Waals surface area contributed by atoms with Crippen molar-refractivity contribution in [2.24, 2.45) is 5.92 Å². The molecule has 1 aromatic rings. The SMILES string of the molecule is COC(=O)C(CC(C)C)NC(=O)c1ccccc1OC. The van der Waals surface area contributed by atoms with Crippen LogP contribution >= 0.6 is 0 Å². The Hall–Kier alpha value is -2.04. The van der Waals surface area contributed by atoms with E-state index in [1.165, 1.54) is 14.2 Å². The molecule has 0 aliphatic heterocycles. The summed E-state index contributed by atoms with van der Waals surface area (Å²) in [6, 6.07) is 6.22. The Morgan fingerprint density at radius 1 is 1.20 bits per heavy atom. The molecule has 5 nitrogen and oxygen atoms in total. The molecule has 1 N–H and O–H groups in total. The van der Waals surface area contributed by atoms with Crippen LogP contribution in [0.4, 0.5) is 0 Å². The first-order valence-corrected chi connectivity index (χ1v) is 6.51. The highest BCUT2D eigenvalue weighted by atomic mass is 16.5. The summed E-state index contributed by atoms with van der Waals surface area (Å²) in [5, 5.41) is 2.70. The zero-order valence-electron chi connectivity index (χ0n) is 12.3. The van der Waals surface area contributed by atoms with Crippen LogP contribution in [0.3, 0.4) is 0 Å². The van der Waals surface area contributed by atoms with Gasteiger partial charge in [-0.3, -0.25) is 4.79 Å². The Bertz CT molecular complexity index is 471. The van der Waals surface area contributed by atoms with E-state index in [0.717, 1.165) is 0 Å². The molecule has 20 heavy (non-hydrogen) atoms. The second-order valence-corrected chi connectivity index (χ2v) is 4.88. The molecular formula is C15H21NO4. The number of carbonyl (C=O) groups is 2. The Balaban J connectivity index is 2.87. The van der Waals surface area contributed by atoms with Crippen LogP contribution in [0, 0.1) is 5.92 Å². The van der Waals surface area contributed by atoms with Crippen molar-refractivity contribution >= 4 is 11.9 Å². The predicted molar refractivity (Wildman–Crippen MR) is 75.7 cm³/mol. The van der Waals surface area contributed by atoms with E-state index in [1.54, 1.807) is 24.3 Å². The Morgan fingerprint density at radius 2 is 1.85 bits per heavy atom. The molecule has 1 aromatic carbocycles. The van der Waals surface area contributed by atoms with Crippen molar-refractivity contribution in [1.82, 2.24) is 5.32 Å². The third kappa shape index (κ3) is 4.26. The molecule has 0 bridgehead atoms. The van der Waals surface area contributed by atoms with E-state index in [9.17, 15) is 9.59 Å². The van der Waals surface area contributed by atoms with E-state index in [-0.39, 0.29) is 11.8 Å². The van der Waals surface area contributed by atoms with Crippen LogP contribution < -0.4 is 10.1 Å². The monoisotopic (exact) mass is 279 g/mol. The number of carbonyl (C=O) groups excluding carboxylic acids is 2. The minimum atomic E-state index is -0.655. The number of hydrogen-bond acceptors (Lipinski definition) is 4. The molecule has 1 amide bonds. The molecule has 0 aliphatic rings. The van der Waals surface area contributed by atoms with Gasteiger partial charge < -0.3 is 14.8 Å². The third-order valence-electron chi connectivity index (χ3n) is 2.85. The molecule has 0 radical (unpaired) electrons. The van der Waals surface area contributed by atoms with Gasteiger partial charge in [0.1, 0.15) is 11.8 Å². The smallest absolute Gasteiger partial charge is 0.328 e. The van der Waals surface area contributed by atoms with Gasteiger partial charge in [-0.05, 0) is 24.5 Å². The zero-order chi connectivity index (χ0) is 15.1. The fourth-order valence-corrected chi connectivity index (χ4v) is 1.90. The molecule has 110 valence electrons. The van der Waals surface area contributed by atoms with Gasteiger partial charge in [-0.2, -0.15) is 0 Å². The number of nitrogens with one attached hydrogen (secondary N) is 1. The molecule has 0 saturated carbocycles. The van der Waals surface area contributed by atoms with Gasteiger partial charge in [0.15, 0.2) is 0 Å². The predicted octanol–water partition coefficient (Wildman–Crippen LogP) is 2.01. The van der Waals surface area contributed by atoms with E-state index >= 15 is 0 Å². The van der Waals surface area contributed by atoms with E-state index < -0.39 is 12.0 Å². The lowest BCUT2D eigenvalue weighted by molar-refractivity contribution is -0.143. The highest BCUT2D eigenvalue weighted by molar-refractivity contribution is 5.99. The van der Waals surface area contributed by atoms with Crippen molar-refractivity contribution < 1.29 is 19.1 Å². The molecule has 1 rings (SSSR count). The average molecular weight is 279 g/mol. The summed E-state index contributed by atoms with van der Waals surface area (Å²) < 4.78 is 9.86. The Labute approximate surface area is 119 Å². The number of amides is 1. The first-order valence-electron chi connectivity index (χ1n) is 6.51. The molecule has 1 atom stereocenters. The molecular weight excluding hydrogens is 258 g/mol. The highest BCUT2D eigenvalue weighted by Crippen LogP contribution is 2.17. The second-order valence-electron chi connectivity index (χ2n) is 4.88. The maximum Gasteiger partial charge on any atom is 0.328 e. The molecule has 0 aliphatic carbocycles. The van der Waals surface area contributed by atoms with Crippen LogP contribution in [0.1, 0.15) is 30.6 Å². The van der Waals surface area contributed by atoms with Crippen LogP contribution in [0.5, 0.6) is 5.75 Å². The minimum Gasteiger partial charge on any atom is -0.496 e. The number of methoxy groups -OCH3 is 2. The van der Waals surface area contributed by atoms with Gasteiger partial charge in [0.25, 0.3) is 5.91 Å². The fraction of sp³-hybridized carbons (Fsp3) is 0.467. The molecule has 1 unspecified atom stereocenters. The number of benzene rings is 1. The summed E-state index contributed by atoms with van der Waals surface area (Å²) in [5.74, 6) is -0.0596. The van der Waals surface area contributed by atoms with Crippen molar-refractivity contribution in [3.05, 3.63) is 29.8 Å². The molecule has 0 spiro atoms. The summed E-state index contributed by atoms with van der Waals surface area (Å²) in [7, 11) is 2.81. The Morgan fingerprint density at radius 3 is 2.40 bits per heavy atom. The first-order chi connectivity index (χ1) is 9.49. The van der Waals surface area contributed by atoms with Gasteiger partial charge in [0.05, 0.1) is 19.8 Å². The van der Waals surface area contributed by atoms with Crippen LogP contribution in [0.15, 0.2) is 24.3 Å². The lowest BCUT2D eigenvalue weighted by atomic mass is 10.0. The van der Waals surface area contributed by atoms with Gasteiger partial charge in [-0.25, -0.2) is 4.79 Å². The first kappa shape index (κ1) is 16.0. The lowest BCUT2D eigenvalue weighted by Crippen LogP contribution is -2.42. The van der Waals surface area contributed by atoms with Gasteiger partial charge >= 0.3 is 5.97 Å². The summed E-state index contributed by atoms with van der Waals surface area (Å²) in [6.07, 6.45) is 0.521. The van der Waals surface area contributed by atoms with E-state index in [4.69, 9.17) is 9.47 Å². The quantitative estimate of drug-likeness (QED) is 0.809. The number of para-hydroxylation sites is 1. The maximum absolute atomic E-state index is 12.2. The van der Waals surface area contributed by atoms with Crippen LogP contribution in [-0.2, 0) is 9.53 Å². The van der Waals surface area contributed by atoms with Crippen molar-refractivity contribution in [2.75, 3.05) is 14.2 Å². The topological polar surface area (TPSA) is 64.6 Å². The van der Waals surface area contributed by atoms with E-state index in [0.29, 0.717) is 17.7 Å². The number of ether oxygens (including phenoxy) is 2. The maximum atomic E-state index is 12.2. The molecule has 0 aromatic heterocycles. The average Bonchev–Trinajstić information content (AvgIpc) is 2.45. The molecule has 5 heteroatoms. The summed E-state index contributed by atoms with van der Waals surface area (Å²) in [6.45, 7) is 3.95. The van der Waals surface area contributed by atoms with Gasteiger partial charge in [-0.15, -0.1) is 0 Å². The summed E-state index contributed by atoms with van der Waals surface area (Å²) in [4.78, 5) is 23.9. The molecule has 0 saturated heterocycles. The standard InChI is InChI=1S/C15H21NO4/c1-10(2)9-12(15(18)20-4)16-14(17)11-7-5-6-8-13(11)19-3/h5-8,10,12H,9H2,1-4H3,(H,16,17). The zero-order valence-corrected chi connectivity index (χ0v) is 12.3. The van der Waals surface area contributed by atoms with Crippen LogP contribution in [-0.4, -0.2) is 32.1 Å². The fourth-order valence-electron chi connectivity index (χ4n) is 1.90. The second kappa shape index (κ2) is 7.53. The largest absolute Gasteiger partial charge is 0.496 e. The van der Waals surface area contributed by atoms with Crippen molar-refractivity contribution in [2.45, 2.75) is 26.3 Å². The van der Waals surface area contributed by atoms with Crippen molar-refractivity contribution in [3.8, 4) is 5.75 Å². The van der Waals surface area contributed by atoms with Crippen molar-refractivity contribution in [3.63, 3.8) is 0 Å². The normalized spacial score (nSPS) is 11.8. The van der Waals surface area contributed by atoms with E-state index in [2.05, 4.69) is 5.32 Å². The van der Waals surface area contributed by atoms with E-state index in [1.807, 2.05) is 13.8 Å². The van der Waals surface area contributed by atoms with Crippen LogP contribution in [0.25, 0.3) is 0 Å². The van der Waals surface area contributed by atoms with Gasteiger partial charge in [0, 0.05) is 0 Å². The number of esters is 1. The third-order valence-corrected chi connectivity index (χ3v) is 2.85. The van der Waals surface area contributed by atoms with Crippen LogP contribution in [0.2, 0.25) is 0 Å². The molecule has 0 fully saturated rings. The van der Waals surface area contributed by atoms with Crippen molar-refractivity contribution in [1.29, 1.82) is 0 Å². The number of hydrogen-bond donors (Lipinski definition) is 1. The van der Waals surface area contributed by atoms with Gasteiger partial charge in [0.2, 0.25) is 0 Å². The minimum absolute atomic E-state index is 0.261. The Kier molecular flexibility index (Phi) is 6.03. The summed E-state index contributed by atoms with van der Waals surface area (Å²) >= 11 is 0. The summed E-state index contributed by atoms with van der Waals surface area (Å²) in [5.41, 5.74) is 0.396.